The van der Waals surface area contributed by atoms with Crippen molar-refractivity contribution in [3.05, 3.63) is 53.6 Å². The molecule has 2 aromatic rings. The van der Waals surface area contributed by atoms with E-state index in [0.717, 1.165) is 5.56 Å². The number of ether oxygens (including phenoxy) is 2. The Labute approximate surface area is 163 Å². The molecule has 0 saturated heterocycles. The highest BCUT2D eigenvalue weighted by atomic mass is 16.7. The largest absolute Gasteiger partial charge is 0.454 e. The zero-order valence-corrected chi connectivity index (χ0v) is 15.9. The van der Waals surface area contributed by atoms with E-state index in [1.807, 2.05) is 18.2 Å². The van der Waals surface area contributed by atoms with Gasteiger partial charge in [0.25, 0.3) is 0 Å². The molecular weight excluding hydrogens is 360 g/mol. The molecule has 0 atom stereocenters. The molecular formula is C21H22N2O5. The lowest BCUT2D eigenvalue weighted by molar-refractivity contribution is -0.121. The van der Waals surface area contributed by atoms with Crippen molar-refractivity contribution >= 4 is 23.3 Å². The average molecular weight is 382 g/mol. The number of hydrogen-bond donors (Lipinski definition) is 1. The van der Waals surface area contributed by atoms with E-state index >= 15 is 0 Å². The first-order valence-corrected chi connectivity index (χ1v) is 8.98. The molecule has 0 aliphatic carbocycles. The first kappa shape index (κ1) is 19.4. The van der Waals surface area contributed by atoms with Crippen molar-refractivity contribution in [1.29, 1.82) is 0 Å². The van der Waals surface area contributed by atoms with Crippen molar-refractivity contribution < 1.29 is 23.9 Å². The van der Waals surface area contributed by atoms with Gasteiger partial charge in [-0.3, -0.25) is 14.4 Å². The summed E-state index contributed by atoms with van der Waals surface area (Å²) in [7, 11) is 0. The molecule has 1 heterocycles. The molecule has 0 saturated carbocycles. The highest BCUT2D eigenvalue weighted by molar-refractivity contribution is 5.96. The molecule has 1 aliphatic rings. The van der Waals surface area contributed by atoms with Crippen molar-refractivity contribution in [3.8, 4) is 11.5 Å². The molecule has 0 fully saturated rings. The minimum absolute atomic E-state index is 0.0381. The lowest BCUT2D eigenvalue weighted by atomic mass is 10.1. The van der Waals surface area contributed by atoms with Crippen LogP contribution in [0, 0.1) is 0 Å². The smallest absolute Gasteiger partial charge is 0.231 e. The SMILES string of the molecule is CC(=O)c1ccc(N(CCC(=O)NCc2ccc3c(c2)OCO3)C(C)=O)cc1. The normalized spacial score (nSPS) is 11.8. The van der Waals surface area contributed by atoms with Crippen LogP contribution in [0.25, 0.3) is 0 Å². The van der Waals surface area contributed by atoms with E-state index in [2.05, 4.69) is 5.32 Å². The van der Waals surface area contributed by atoms with Gasteiger partial charge in [-0.15, -0.1) is 0 Å². The van der Waals surface area contributed by atoms with Crippen LogP contribution in [0.5, 0.6) is 11.5 Å². The van der Waals surface area contributed by atoms with Gasteiger partial charge in [-0.2, -0.15) is 0 Å². The Morgan fingerprint density at radius 1 is 1.00 bits per heavy atom. The summed E-state index contributed by atoms with van der Waals surface area (Å²) < 4.78 is 10.6. The van der Waals surface area contributed by atoms with Crippen LogP contribution < -0.4 is 19.7 Å². The Morgan fingerprint density at radius 2 is 1.71 bits per heavy atom. The molecule has 2 aromatic carbocycles. The number of amides is 2. The van der Waals surface area contributed by atoms with E-state index in [1.165, 1.54) is 18.7 Å². The highest BCUT2D eigenvalue weighted by Crippen LogP contribution is 2.32. The number of carbonyl (C=O) groups is 3. The number of rotatable bonds is 7. The highest BCUT2D eigenvalue weighted by Gasteiger charge is 2.15. The zero-order chi connectivity index (χ0) is 20.1. The van der Waals surface area contributed by atoms with Crippen molar-refractivity contribution in [2.45, 2.75) is 26.8 Å². The summed E-state index contributed by atoms with van der Waals surface area (Å²) >= 11 is 0. The fourth-order valence-corrected chi connectivity index (χ4v) is 2.90. The van der Waals surface area contributed by atoms with Crippen LogP contribution in [-0.2, 0) is 16.1 Å². The van der Waals surface area contributed by atoms with Crippen LogP contribution in [0.4, 0.5) is 5.69 Å². The predicted molar refractivity (Wildman–Crippen MR) is 104 cm³/mol. The van der Waals surface area contributed by atoms with Crippen molar-refractivity contribution in [3.63, 3.8) is 0 Å². The second-order valence-corrected chi connectivity index (χ2v) is 6.49. The summed E-state index contributed by atoms with van der Waals surface area (Å²) in [6.07, 6.45) is 0.165. The van der Waals surface area contributed by atoms with Crippen LogP contribution >= 0.6 is 0 Å². The van der Waals surface area contributed by atoms with Gasteiger partial charge in [-0.05, 0) is 48.9 Å². The summed E-state index contributed by atoms with van der Waals surface area (Å²) in [6.45, 7) is 3.76. The van der Waals surface area contributed by atoms with Gasteiger partial charge in [-0.1, -0.05) is 6.07 Å². The number of hydrogen-bond acceptors (Lipinski definition) is 5. The quantitative estimate of drug-likeness (QED) is 0.744. The molecule has 3 rings (SSSR count). The summed E-state index contributed by atoms with van der Waals surface area (Å²) in [5.41, 5.74) is 2.13. The molecule has 0 radical (unpaired) electrons. The third-order valence-electron chi connectivity index (χ3n) is 4.45. The molecule has 0 aromatic heterocycles. The monoisotopic (exact) mass is 382 g/mol. The summed E-state index contributed by atoms with van der Waals surface area (Å²) in [5, 5.41) is 2.84. The third-order valence-corrected chi connectivity index (χ3v) is 4.45. The minimum Gasteiger partial charge on any atom is -0.454 e. The maximum absolute atomic E-state index is 12.2. The van der Waals surface area contributed by atoms with E-state index in [9.17, 15) is 14.4 Å². The second-order valence-electron chi connectivity index (χ2n) is 6.49. The number of nitrogens with one attached hydrogen (secondary N) is 1. The molecule has 1 N–H and O–H groups in total. The fraction of sp³-hybridized carbons (Fsp3) is 0.286. The first-order valence-electron chi connectivity index (χ1n) is 8.98. The van der Waals surface area contributed by atoms with Gasteiger partial charge < -0.3 is 19.7 Å². The Balaban J connectivity index is 1.54. The van der Waals surface area contributed by atoms with E-state index in [1.54, 1.807) is 24.3 Å². The Morgan fingerprint density at radius 3 is 2.39 bits per heavy atom. The van der Waals surface area contributed by atoms with Gasteiger partial charge in [0.2, 0.25) is 18.6 Å². The Hall–Kier alpha value is -3.35. The lowest BCUT2D eigenvalue weighted by Crippen LogP contribution is -2.33. The standard InChI is InChI=1S/C21H22N2O5/c1-14(24)17-4-6-18(7-5-17)23(15(2)25)10-9-21(26)22-12-16-3-8-19-20(11-16)28-13-27-19/h3-8,11H,9-10,12-13H2,1-2H3,(H,22,26). The van der Waals surface area contributed by atoms with Crippen LogP contribution in [0.15, 0.2) is 42.5 Å². The maximum Gasteiger partial charge on any atom is 0.231 e. The van der Waals surface area contributed by atoms with Crippen molar-refractivity contribution in [2.75, 3.05) is 18.2 Å². The summed E-state index contributed by atoms with van der Waals surface area (Å²) in [5.74, 6) is 0.999. The number of benzene rings is 2. The van der Waals surface area contributed by atoms with E-state index in [-0.39, 0.29) is 37.4 Å². The minimum atomic E-state index is -0.167. The van der Waals surface area contributed by atoms with E-state index in [4.69, 9.17) is 9.47 Å². The lowest BCUT2D eigenvalue weighted by Gasteiger charge is -2.21. The van der Waals surface area contributed by atoms with Crippen molar-refractivity contribution in [2.24, 2.45) is 0 Å². The fourth-order valence-electron chi connectivity index (χ4n) is 2.90. The van der Waals surface area contributed by atoms with Gasteiger partial charge in [0.05, 0.1) is 0 Å². The zero-order valence-electron chi connectivity index (χ0n) is 15.9. The van der Waals surface area contributed by atoms with Gasteiger partial charge >= 0.3 is 0 Å². The van der Waals surface area contributed by atoms with Gasteiger partial charge in [-0.25, -0.2) is 0 Å². The number of nitrogens with zero attached hydrogens (tertiary/aromatic N) is 1. The number of anilines is 1. The van der Waals surface area contributed by atoms with Gasteiger partial charge in [0, 0.05) is 37.7 Å². The van der Waals surface area contributed by atoms with Crippen molar-refractivity contribution in [1.82, 2.24) is 5.32 Å². The second kappa shape index (κ2) is 8.56. The summed E-state index contributed by atoms with van der Waals surface area (Å²) in [6, 6.07) is 12.3. The molecule has 28 heavy (non-hydrogen) atoms. The van der Waals surface area contributed by atoms with Gasteiger partial charge in [0.15, 0.2) is 17.3 Å². The number of ketones is 1. The average Bonchev–Trinajstić information content (AvgIpc) is 3.14. The predicted octanol–water partition coefficient (Wildman–Crippen LogP) is 2.68. The number of carbonyl (C=O) groups excluding carboxylic acids is 3. The molecule has 2 amide bonds. The van der Waals surface area contributed by atoms with Gasteiger partial charge in [0.1, 0.15) is 0 Å². The molecule has 0 spiro atoms. The maximum atomic E-state index is 12.2. The first-order chi connectivity index (χ1) is 13.4. The molecule has 1 aliphatic heterocycles. The topological polar surface area (TPSA) is 84.9 Å². The van der Waals surface area contributed by atoms with Crippen LogP contribution in [-0.4, -0.2) is 30.9 Å². The summed E-state index contributed by atoms with van der Waals surface area (Å²) in [4.78, 5) is 37.1. The molecule has 0 bridgehead atoms. The third kappa shape index (κ3) is 4.68. The molecule has 7 heteroatoms. The number of fused-ring (bicyclic) bond motifs is 1. The van der Waals surface area contributed by atoms with Crippen LogP contribution in [0.3, 0.4) is 0 Å². The molecule has 0 unspecified atom stereocenters. The Kier molecular flexibility index (Phi) is 5.93. The number of Topliss-reactive ketones (excluding diaryl/α,β-unsaturated/α-hetero) is 1. The molecule has 7 nitrogen and oxygen atoms in total. The van der Waals surface area contributed by atoms with Crippen LogP contribution in [0.2, 0.25) is 0 Å². The van der Waals surface area contributed by atoms with E-state index < -0.39 is 0 Å². The Bertz CT molecular complexity index is 892. The molecule has 146 valence electrons. The van der Waals surface area contributed by atoms with Crippen LogP contribution in [0.1, 0.15) is 36.2 Å². The van der Waals surface area contributed by atoms with E-state index in [0.29, 0.717) is 29.3 Å².